The van der Waals surface area contributed by atoms with E-state index < -0.39 is 0 Å². The molecule has 140 valence electrons. The molecule has 0 saturated carbocycles. The number of halogens is 1. The van der Waals surface area contributed by atoms with E-state index in [-0.39, 0.29) is 0 Å². The lowest BCUT2D eigenvalue weighted by molar-refractivity contribution is 0.414. The van der Waals surface area contributed by atoms with Gasteiger partial charge in [-0.2, -0.15) is 0 Å². The number of hydrogen-bond acceptors (Lipinski definition) is 4. The van der Waals surface area contributed by atoms with E-state index in [4.69, 9.17) is 21.9 Å². The van der Waals surface area contributed by atoms with Gasteiger partial charge in [0.05, 0.1) is 29.2 Å². The first-order chi connectivity index (χ1) is 13.6. The molecule has 0 unspecified atom stereocenters. The van der Waals surface area contributed by atoms with E-state index in [1.165, 1.54) is 0 Å². The van der Waals surface area contributed by atoms with Crippen LogP contribution in [-0.4, -0.2) is 17.8 Å². The predicted molar refractivity (Wildman–Crippen MR) is 125 cm³/mol. The molecule has 1 heterocycles. The van der Waals surface area contributed by atoms with Gasteiger partial charge in [-0.15, -0.1) is 0 Å². The third kappa shape index (κ3) is 4.46. The van der Waals surface area contributed by atoms with Crippen LogP contribution >= 0.6 is 39.9 Å². The smallest absolute Gasteiger partial charge is 0.118 e. The normalized spacial score (nSPS) is 13.2. The fourth-order valence-corrected chi connectivity index (χ4v) is 4.26. The first kappa shape index (κ1) is 19.2. The number of rotatable bonds is 4. The van der Waals surface area contributed by atoms with E-state index in [9.17, 15) is 0 Å². The second kappa shape index (κ2) is 8.47. The maximum Gasteiger partial charge on any atom is 0.118 e. The fraction of sp³-hybridized carbons (Fsp3) is 0.0909. The number of nitrogens with one attached hydrogen (secondary N) is 1. The number of methoxy groups -OCH3 is 1. The van der Waals surface area contributed by atoms with Crippen LogP contribution < -0.4 is 10.1 Å². The van der Waals surface area contributed by atoms with Crippen LogP contribution in [0.25, 0.3) is 0 Å². The third-order valence-corrected chi connectivity index (χ3v) is 6.07. The molecule has 0 fully saturated rings. The van der Waals surface area contributed by atoms with Crippen molar-refractivity contribution in [1.29, 1.82) is 0 Å². The van der Waals surface area contributed by atoms with Crippen LogP contribution in [0.15, 0.2) is 86.0 Å². The second-order valence-corrected chi connectivity index (χ2v) is 8.80. The van der Waals surface area contributed by atoms with Gasteiger partial charge in [-0.3, -0.25) is 4.99 Å². The van der Waals surface area contributed by atoms with Gasteiger partial charge in [0.1, 0.15) is 5.75 Å². The molecule has 0 bridgehead atoms. The molecule has 28 heavy (non-hydrogen) atoms. The maximum atomic E-state index is 5.51. The highest BCUT2D eigenvalue weighted by Gasteiger charge is 2.15. The predicted octanol–water partition coefficient (Wildman–Crippen LogP) is 6.87. The quantitative estimate of drug-likeness (QED) is 0.423. The highest BCUT2D eigenvalue weighted by Crippen LogP contribution is 2.36. The van der Waals surface area contributed by atoms with E-state index in [0.29, 0.717) is 6.42 Å². The Morgan fingerprint density at radius 3 is 2.43 bits per heavy atom. The summed E-state index contributed by atoms with van der Waals surface area (Å²) in [7, 11) is 1.67. The average molecular weight is 469 g/mol. The lowest BCUT2D eigenvalue weighted by Gasteiger charge is -2.08. The molecule has 4 rings (SSSR count). The van der Waals surface area contributed by atoms with Crippen molar-refractivity contribution >= 4 is 62.0 Å². The lowest BCUT2D eigenvalue weighted by Crippen LogP contribution is -2.12. The fourth-order valence-electron chi connectivity index (χ4n) is 2.89. The minimum absolute atomic E-state index is 0.618. The first-order valence-corrected chi connectivity index (χ1v) is 10.7. The Kier molecular flexibility index (Phi) is 5.80. The molecule has 0 saturated heterocycles. The number of aliphatic imine (C=N–C) groups is 1. The number of ether oxygens (including phenoxy) is 1. The molecule has 6 heteroatoms. The molecule has 0 aromatic heterocycles. The topological polar surface area (TPSA) is 33.6 Å². The van der Waals surface area contributed by atoms with Gasteiger partial charge in [0.2, 0.25) is 0 Å². The Hall–Kier alpha value is -2.15. The van der Waals surface area contributed by atoms with Crippen molar-refractivity contribution < 1.29 is 4.74 Å². The number of anilines is 1. The Morgan fingerprint density at radius 1 is 1.00 bits per heavy atom. The van der Waals surface area contributed by atoms with Crippen LogP contribution in [0, 0.1) is 0 Å². The Labute approximate surface area is 182 Å². The zero-order chi connectivity index (χ0) is 19.5. The van der Waals surface area contributed by atoms with Crippen LogP contribution in [0.5, 0.6) is 5.75 Å². The highest BCUT2D eigenvalue weighted by molar-refractivity contribution is 9.10. The molecule has 3 aromatic carbocycles. The molecular weight excluding hydrogens is 452 g/mol. The second-order valence-electron chi connectivity index (χ2n) is 6.25. The molecule has 0 aliphatic carbocycles. The van der Waals surface area contributed by atoms with Gasteiger partial charge in [-0.1, -0.05) is 52.0 Å². The lowest BCUT2D eigenvalue weighted by atomic mass is 10.1. The summed E-state index contributed by atoms with van der Waals surface area (Å²) >= 11 is 10.7. The third-order valence-electron chi connectivity index (χ3n) is 4.30. The van der Waals surface area contributed by atoms with E-state index in [0.717, 1.165) is 47.7 Å². The van der Waals surface area contributed by atoms with Crippen molar-refractivity contribution in [1.82, 2.24) is 0 Å². The summed E-state index contributed by atoms with van der Waals surface area (Å²) < 4.78 is 6.27. The zero-order valence-electron chi connectivity index (χ0n) is 15.1. The molecule has 0 radical (unpaired) electrons. The molecule has 1 aliphatic rings. The van der Waals surface area contributed by atoms with E-state index >= 15 is 0 Å². The van der Waals surface area contributed by atoms with Crippen LogP contribution in [0.1, 0.15) is 12.0 Å². The summed E-state index contributed by atoms with van der Waals surface area (Å²) in [6.07, 6.45) is 0.618. The molecule has 0 amide bonds. The Bertz CT molecular complexity index is 1050. The summed E-state index contributed by atoms with van der Waals surface area (Å²) in [5.74, 6) is 0.854. The van der Waals surface area contributed by atoms with Crippen molar-refractivity contribution in [2.45, 2.75) is 16.2 Å². The van der Waals surface area contributed by atoms with Crippen LogP contribution in [-0.2, 0) is 0 Å². The van der Waals surface area contributed by atoms with Gasteiger partial charge >= 0.3 is 0 Å². The van der Waals surface area contributed by atoms with Crippen molar-refractivity contribution in [2.75, 3.05) is 12.4 Å². The van der Waals surface area contributed by atoms with Crippen molar-refractivity contribution in [2.24, 2.45) is 4.99 Å². The van der Waals surface area contributed by atoms with Gasteiger partial charge in [0, 0.05) is 20.7 Å². The van der Waals surface area contributed by atoms with Gasteiger partial charge < -0.3 is 10.1 Å². The van der Waals surface area contributed by atoms with E-state index in [2.05, 4.69) is 57.6 Å². The zero-order valence-corrected chi connectivity index (χ0v) is 18.3. The number of thiocarbonyl (C=S) groups is 1. The number of nitrogens with zero attached hydrogens (tertiary/aromatic N) is 1. The summed E-state index contributed by atoms with van der Waals surface area (Å²) in [4.78, 5) is 7.98. The summed E-state index contributed by atoms with van der Waals surface area (Å²) in [6.45, 7) is 0. The molecule has 0 spiro atoms. The van der Waals surface area contributed by atoms with Crippen LogP contribution in [0.3, 0.4) is 0 Å². The monoisotopic (exact) mass is 468 g/mol. The van der Waals surface area contributed by atoms with Crippen molar-refractivity contribution in [3.8, 4) is 5.75 Å². The Morgan fingerprint density at radius 2 is 1.71 bits per heavy atom. The molecule has 3 aromatic rings. The van der Waals surface area contributed by atoms with Gasteiger partial charge in [-0.25, -0.2) is 0 Å². The molecule has 0 atom stereocenters. The SMILES string of the molecule is COc1ccc(Sc2ccc3c(c2)N=C(c2ccc(Br)cc2)CC(=S)N3)cc1. The minimum Gasteiger partial charge on any atom is -0.497 e. The maximum absolute atomic E-state index is 5.51. The van der Waals surface area contributed by atoms with Crippen molar-refractivity contribution in [3.05, 3.63) is 76.8 Å². The number of fused-ring (bicyclic) bond motifs is 1. The number of benzene rings is 3. The molecule has 1 aliphatic heterocycles. The minimum atomic E-state index is 0.618. The standard InChI is InChI=1S/C22H17BrN2OS2/c1-26-16-6-8-17(9-7-16)28-18-10-11-19-21(12-18)24-20(13-22(27)25-19)14-2-4-15(23)5-3-14/h2-12H,13H2,1H3,(H,25,27). The van der Waals surface area contributed by atoms with Gasteiger partial charge in [0.25, 0.3) is 0 Å². The van der Waals surface area contributed by atoms with Gasteiger partial charge in [-0.05, 0) is 60.2 Å². The molecule has 3 nitrogen and oxygen atoms in total. The summed E-state index contributed by atoms with van der Waals surface area (Å²) in [6, 6.07) is 22.4. The summed E-state index contributed by atoms with van der Waals surface area (Å²) in [5.41, 5.74) is 3.89. The van der Waals surface area contributed by atoms with Gasteiger partial charge in [0.15, 0.2) is 0 Å². The van der Waals surface area contributed by atoms with Crippen LogP contribution in [0.2, 0.25) is 0 Å². The molecular formula is C22H17BrN2OS2. The van der Waals surface area contributed by atoms with E-state index in [1.54, 1.807) is 18.9 Å². The van der Waals surface area contributed by atoms with Crippen LogP contribution in [0.4, 0.5) is 11.4 Å². The largest absolute Gasteiger partial charge is 0.497 e. The summed E-state index contributed by atoms with van der Waals surface area (Å²) in [5, 5.41) is 3.32. The first-order valence-electron chi connectivity index (χ1n) is 8.70. The average Bonchev–Trinajstić information content (AvgIpc) is 2.87. The van der Waals surface area contributed by atoms with Crippen molar-refractivity contribution in [3.63, 3.8) is 0 Å². The number of hydrogen-bond donors (Lipinski definition) is 1. The molecule has 1 N–H and O–H groups in total. The highest BCUT2D eigenvalue weighted by atomic mass is 79.9. The Balaban J connectivity index is 1.66. The van der Waals surface area contributed by atoms with E-state index in [1.807, 2.05) is 30.3 Å².